The summed E-state index contributed by atoms with van der Waals surface area (Å²) < 4.78 is 0. The molecule has 0 unspecified atom stereocenters. The molecule has 0 aromatic heterocycles. The fraction of sp³-hybridized carbons (Fsp3) is 0.500. The van der Waals surface area contributed by atoms with Crippen LogP contribution in [0.3, 0.4) is 0 Å². The highest BCUT2D eigenvalue weighted by molar-refractivity contribution is 6.30. The molecule has 1 aliphatic rings. The molecule has 2 rings (SSSR count). The Kier molecular flexibility index (Phi) is 5.19. The summed E-state index contributed by atoms with van der Waals surface area (Å²) in [6.45, 7) is 2.38. The van der Waals surface area contributed by atoms with Gasteiger partial charge in [0, 0.05) is 37.6 Å². The third-order valence-corrected chi connectivity index (χ3v) is 3.52. The van der Waals surface area contributed by atoms with E-state index in [1.165, 1.54) is 0 Å². The third kappa shape index (κ3) is 4.49. The van der Waals surface area contributed by atoms with Gasteiger partial charge in [0.25, 0.3) is 0 Å². The van der Waals surface area contributed by atoms with E-state index in [1.807, 2.05) is 24.3 Å². The molecular weight excluding hydrogens is 264 g/mol. The summed E-state index contributed by atoms with van der Waals surface area (Å²) in [7, 11) is 0. The Hall–Kier alpha value is -1.10. The lowest BCUT2D eigenvalue weighted by Gasteiger charge is -2.21. The van der Waals surface area contributed by atoms with Gasteiger partial charge in [-0.3, -0.25) is 4.79 Å². The predicted molar refractivity (Wildman–Crippen MR) is 75.2 cm³/mol. The number of nitrogens with one attached hydrogen (secondary N) is 1. The van der Waals surface area contributed by atoms with Crippen LogP contribution in [0.15, 0.2) is 24.3 Å². The summed E-state index contributed by atoms with van der Waals surface area (Å²) >= 11 is 5.82. The molecule has 1 aromatic carbocycles. The van der Waals surface area contributed by atoms with E-state index in [9.17, 15) is 9.90 Å². The highest BCUT2D eigenvalue weighted by atomic mass is 35.5. The van der Waals surface area contributed by atoms with Crippen LogP contribution in [0.5, 0.6) is 0 Å². The normalized spacial score (nSPS) is 20.1. The average Bonchev–Trinajstić information content (AvgIpc) is 2.62. The quantitative estimate of drug-likeness (QED) is 0.872. The van der Waals surface area contributed by atoms with Crippen LogP contribution in [0.25, 0.3) is 0 Å². The van der Waals surface area contributed by atoms with Crippen LogP contribution in [-0.2, 0) is 11.2 Å². The molecule has 0 bridgehead atoms. The lowest BCUT2D eigenvalue weighted by Crippen LogP contribution is -2.37. The third-order valence-electron chi connectivity index (χ3n) is 3.26. The van der Waals surface area contributed by atoms with Gasteiger partial charge < -0.3 is 15.3 Å². The lowest BCUT2D eigenvalue weighted by molar-refractivity contribution is -0.132. The van der Waals surface area contributed by atoms with E-state index in [2.05, 4.69) is 5.32 Å². The van der Waals surface area contributed by atoms with Gasteiger partial charge in [0.05, 0.1) is 6.10 Å². The fourth-order valence-corrected chi connectivity index (χ4v) is 2.31. The first kappa shape index (κ1) is 14.3. The van der Waals surface area contributed by atoms with Crippen LogP contribution >= 0.6 is 11.6 Å². The Balaban J connectivity index is 1.84. The molecule has 2 N–H and O–H groups in total. The summed E-state index contributed by atoms with van der Waals surface area (Å²) in [6, 6.07) is 7.55. The molecular formula is C14H19ClN2O2. The van der Waals surface area contributed by atoms with E-state index < -0.39 is 6.10 Å². The van der Waals surface area contributed by atoms with Crippen molar-refractivity contribution >= 4 is 17.5 Å². The van der Waals surface area contributed by atoms with E-state index in [1.54, 1.807) is 4.90 Å². The van der Waals surface area contributed by atoms with Crippen molar-refractivity contribution in [3.63, 3.8) is 0 Å². The van der Waals surface area contributed by atoms with Gasteiger partial charge in [-0.2, -0.15) is 0 Å². The number of hydrogen-bond donors (Lipinski definition) is 2. The van der Waals surface area contributed by atoms with Gasteiger partial charge >= 0.3 is 0 Å². The fourth-order valence-electron chi connectivity index (χ4n) is 2.18. The minimum absolute atomic E-state index is 0.0951. The zero-order chi connectivity index (χ0) is 13.7. The zero-order valence-electron chi connectivity index (χ0n) is 10.8. The number of aliphatic hydroxyl groups is 1. The summed E-state index contributed by atoms with van der Waals surface area (Å²) in [5.41, 5.74) is 1.10. The molecule has 4 nitrogen and oxygen atoms in total. The van der Waals surface area contributed by atoms with E-state index in [0.717, 1.165) is 12.1 Å². The van der Waals surface area contributed by atoms with Crippen LogP contribution in [0, 0.1) is 0 Å². The van der Waals surface area contributed by atoms with Crippen molar-refractivity contribution in [2.24, 2.45) is 0 Å². The van der Waals surface area contributed by atoms with Gasteiger partial charge in [0.1, 0.15) is 0 Å². The number of aryl methyl sites for hydroxylation is 1. The van der Waals surface area contributed by atoms with Gasteiger partial charge in [0.15, 0.2) is 0 Å². The minimum atomic E-state index is -0.470. The van der Waals surface area contributed by atoms with E-state index in [4.69, 9.17) is 11.6 Å². The van der Waals surface area contributed by atoms with Gasteiger partial charge in [-0.15, -0.1) is 0 Å². The van der Waals surface area contributed by atoms with Crippen molar-refractivity contribution in [1.82, 2.24) is 10.2 Å². The first-order valence-corrected chi connectivity index (χ1v) is 6.94. The summed E-state index contributed by atoms with van der Waals surface area (Å²) in [5, 5.41) is 13.5. The number of amides is 1. The van der Waals surface area contributed by atoms with Crippen molar-refractivity contribution in [3.8, 4) is 0 Å². The van der Waals surface area contributed by atoms with E-state index in [0.29, 0.717) is 37.5 Å². The number of hydrogen-bond acceptors (Lipinski definition) is 3. The molecule has 1 saturated heterocycles. The predicted octanol–water partition coefficient (Wildman–Crippen LogP) is 1.07. The second-order valence-corrected chi connectivity index (χ2v) is 5.26. The van der Waals surface area contributed by atoms with Crippen LogP contribution < -0.4 is 5.32 Å². The van der Waals surface area contributed by atoms with Crippen molar-refractivity contribution in [1.29, 1.82) is 0 Å². The Labute approximate surface area is 118 Å². The molecule has 1 aliphatic heterocycles. The van der Waals surface area contributed by atoms with Crippen LogP contribution in [0.4, 0.5) is 0 Å². The summed E-state index contributed by atoms with van der Waals surface area (Å²) in [6.07, 6.45) is 0.701. The average molecular weight is 283 g/mol. The molecule has 19 heavy (non-hydrogen) atoms. The maximum absolute atomic E-state index is 12.1. The Morgan fingerprint density at radius 1 is 1.42 bits per heavy atom. The van der Waals surface area contributed by atoms with E-state index >= 15 is 0 Å². The molecule has 0 saturated carbocycles. The molecule has 1 atom stereocenters. The number of nitrogens with zero attached hydrogens (tertiary/aromatic N) is 1. The highest BCUT2D eigenvalue weighted by Crippen LogP contribution is 2.12. The van der Waals surface area contributed by atoms with Crippen LogP contribution in [0.2, 0.25) is 5.02 Å². The maximum Gasteiger partial charge on any atom is 0.223 e. The molecule has 5 heteroatoms. The van der Waals surface area contributed by atoms with Gasteiger partial charge in [0.2, 0.25) is 5.91 Å². The topological polar surface area (TPSA) is 52.6 Å². The monoisotopic (exact) mass is 282 g/mol. The molecule has 0 radical (unpaired) electrons. The number of aliphatic hydroxyl groups excluding tert-OH is 1. The van der Waals surface area contributed by atoms with Crippen LogP contribution in [-0.4, -0.2) is 48.2 Å². The van der Waals surface area contributed by atoms with Crippen LogP contribution in [0.1, 0.15) is 12.0 Å². The van der Waals surface area contributed by atoms with Crippen molar-refractivity contribution in [2.45, 2.75) is 18.9 Å². The molecule has 0 aliphatic carbocycles. The minimum Gasteiger partial charge on any atom is -0.390 e. The number of carbonyl (C=O) groups excluding carboxylic acids is 1. The molecule has 1 aromatic rings. The Morgan fingerprint density at radius 3 is 2.89 bits per heavy atom. The maximum atomic E-state index is 12.1. The zero-order valence-corrected chi connectivity index (χ0v) is 11.6. The molecule has 1 amide bonds. The van der Waals surface area contributed by atoms with Gasteiger partial charge in [-0.05, 0) is 24.1 Å². The Bertz CT molecular complexity index is 422. The van der Waals surface area contributed by atoms with Crippen molar-refractivity contribution in [2.75, 3.05) is 26.2 Å². The number of β-amino-alcohol motifs (C(OH)–C–C–N with tert-alkyl or cyclic N) is 1. The summed E-state index contributed by atoms with van der Waals surface area (Å²) in [5.74, 6) is 0.0951. The molecule has 1 fully saturated rings. The first-order valence-electron chi connectivity index (χ1n) is 6.56. The molecule has 0 spiro atoms. The standard InChI is InChI=1S/C14H19ClN2O2/c15-12-4-1-11(2-5-12)3-6-14(19)17-8-7-16-9-13(18)10-17/h1-2,4-5,13,16,18H,3,6-10H2/t13-/m1/s1. The van der Waals surface area contributed by atoms with Crippen molar-refractivity contribution in [3.05, 3.63) is 34.9 Å². The smallest absolute Gasteiger partial charge is 0.223 e. The largest absolute Gasteiger partial charge is 0.390 e. The first-order chi connectivity index (χ1) is 9.15. The van der Waals surface area contributed by atoms with Crippen molar-refractivity contribution < 1.29 is 9.90 Å². The number of rotatable bonds is 3. The lowest BCUT2D eigenvalue weighted by atomic mass is 10.1. The van der Waals surface area contributed by atoms with Gasteiger partial charge in [-0.25, -0.2) is 0 Å². The molecule has 1 heterocycles. The second kappa shape index (κ2) is 6.89. The number of benzene rings is 1. The molecule has 104 valence electrons. The highest BCUT2D eigenvalue weighted by Gasteiger charge is 2.19. The number of halogens is 1. The second-order valence-electron chi connectivity index (χ2n) is 4.82. The van der Waals surface area contributed by atoms with E-state index in [-0.39, 0.29) is 5.91 Å². The Morgan fingerprint density at radius 2 is 2.16 bits per heavy atom. The van der Waals surface area contributed by atoms with Gasteiger partial charge in [-0.1, -0.05) is 23.7 Å². The SMILES string of the molecule is O=C(CCc1ccc(Cl)cc1)N1CCNC[C@@H](O)C1. The number of carbonyl (C=O) groups is 1. The summed E-state index contributed by atoms with van der Waals surface area (Å²) in [4.78, 5) is 13.8.